The number of nitrogens with one attached hydrogen (secondary N) is 4. The van der Waals surface area contributed by atoms with E-state index < -0.39 is 0 Å². The van der Waals surface area contributed by atoms with E-state index in [1.807, 2.05) is 0 Å². The van der Waals surface area contributed by atoms with Gasteiger partial charge in [-0.1, -0.05) is 0 Å². The summed E-state index contributed by atoms with van der Waals surface area (Å²) in [4.78, 5) is 27.8. The fourth-order valence-corrected chi connectivity index (χ4v) is 1.62. The number of imidazole rings is 4. The van der Waals surface area contributed by atoms with Crippen molar-refractivity contribution in [1.29, 1.82) is 21.0 Å². The van der Waals surface area contributed by atoms with E-state index in [-0.39, 0.29) is 16.8 Å². The minimum Gasteiger partial charge on any atom is -0.385 e. The van der Waals surface area contributed by atoms with E-state index in [0.717, 1.165) is 23.3 Å². The Labute approximate surface area is 186 Å². The maximum atomic E-state index is 7.43. The second-order valence-electron chi connectivity index (χ2n) is 4.37. The van der Waals surface area contributed by atoms with Crippen LogP contribution in [0, 0.1) is 45.8 Å². The molecule has 0 fully saturated rings. The van der Waals surface area contributed by atoms with Crippen LogP contribution in [0.3, 0.4) is 0 Å². The minimum absolute atomic E-state index is 0. The van der Waals surface area contributed by atoms with Gasteiger partial charge in [-0.15, -0.1) is 0 Å². The zero-order valence-electron chi connectivity index (χ0n) is 15.4. The van der Waals surface area contributed by atoms with Gasteiger partial charge in [-0.2, -0.15) is 0 Å². The van der Waals surface area contributed by atoms with Crippen LogP contribution in [-0.2, 0) is 16.8 Å². The van der Waals surface area contributed by atoms with Crippen molar-refractivity contribution in [1.82, 2.24) is 39.9 Å². The van der Waals surface area contributed by atoms with Gasteiger partial charge < -0.3 is 41.0 Å². The molecule has 0 saturated heterocycles. The number of hydrogen-bond donors (Lipinski definition) is 4. The minimum atomic E-state index is 0. The van der Waals surface area contributed by atoms with Crippen molar-refractivity contribution in [2.75, 3.05) is 0 Å². The Morgan fingerprint density at radius 3 is 0.839 bits per heavy atom. The third kappa shape index (κ3) is 10.7. The van der Waals surface area contributed by atoms with Crippen molar-refractivity contribution in [3.63, 3.8) is 0 Å². The van der Waals surface area contributed by atoms with E-state index >= 15 is 0 Å². The Morgan fingerprint density at radius 1 is 0.516 bits per heavy atom. The molecule has 0 aliphatic heterocycles. The molecule has 0 saturated carbocycles. The molecular weight excluding hydrogens is 447 g/mol. The first-order valence-corrected chi connectivity index (χ1v) is 7.70. The SMILES string of the molecule is N#C[N-]C#N.N#C[N-]C#N.[Co+2].c1c[nH]c(-c2ncc[nH]2)n1.c1c[nH]c(-c2ncc[nH]2)n1. The largest absolute Gasteiger partial charge is 2.00 e. The van der Waals surface area contributed by atoms with Crippen LogP contribution in [0.1, 0.15) is 0 Å². The maximum absolute atomic E-state index is 7.43. The van der Waals surface area contributed by atoms with E-state index in [0.29, 0.717) is 0 Å². The molecule has 1 radical (unpaired) electrons. The molecule has 4 aromatic rings. The molecule has 15 heteroatoms. The fraction of sp³-hybridized carbons (Fsp3) is 0. The van der Waals surface area contributed by atoms with Crippen molar-refractivity contribution in [2.24, 2.45) is 0 Å². The Hall–Kier alpha value is -5.09. The third-order valence-electron chi connectivity index (χ3n) is 2.64. The average molecular weight is 459 g/mol. The third-order valence-corrected chi connectivity index (χ3v) is 2.64. The van der Waals surface area contributed by atoms with Gasteiger partial charge in [0.25, 0.3) is 0 Å². The van der Waals surface area contributed by atoms with Crippen molar-refractivity contribution in [3.05, 3.63) is 60.2 Å². The Morgan fingerprint density at radius 2 is 0.742 bits per heavy atom. The van der Waals surface area contributed by atoms with Crippen LogP contribution in [0.2, 0.25) is 0 Å². The number of aromatic amines is 4. The number of H-pyrrole nitrogens is 4. The summed E-state index contributed by atoms with van der Waals surface area (Å²) in [5.74, 6) is 3.07. The summed E-state index contributed by atoms with van der Waals surface area (Å²) in [5, 5.41) is 34.9. The van der Waals surface area contributed by atoms with Gasteiger partial charge in [0.1, 0.15) is 0 Å². The summed E-state index contributed by atoms with van der Waals surface area (Å²) >= 11 is 0. The van der Waals surface area contributed by atoms with Crippen LogP contribution in [0.15, 0.2) is 49.6 Å². The van der Waals surface area contributed by atoms with Gasteiger partial charge in [-0.05, 0) is 0 Å². The van der Waals surface area contributed by atoms with E-state index in [2.05, 4.69) is 50.5 Å². The van der Waals surface area contributed by atoms with Crippen LogP contribution in [0.5, 0.6) is 0 Å². The molecular formula is C16H12CoN14. The van der Waals surface area contributed by atoms with Gasteiger partial charge in [-0.3, -0.25) is 10.6 Å². The average Bonchev–Trinajstić information content (AvgIpc) is 3.58. The van der Waals surface area contributed by atoms with Gasteiger partial charge in [0.2, 0.25) is 0 Å². The molecule has 0 amide bonds. The van der Waals surface area contributed by atoms with Crippen molar-refractivity contribution < 1.29 is 16.8 Å². The van der Waals surface area contributed by atoms with Gasteiger partial charge >= 0.3 is 16.8 Å². The van der Waals surface area contributed by atoms with Crippen LogP contribution in [0.25, 0.3) is 33.9 Å². The number of hydrogen-bond acceptors (Lipinski definition) is 8. The maximum Gasteiger partial charge on any atom is 2.00 e. The van der Waals surface area contributed by atoms with Gasteiger partial charge in [-0.25, -0.2) is 19.9 Å². The van der Waals surface area contributed by atoms with E-state index in [1.54, 1.807) is 49.6 Å². The van der Waals surface area contributed by atoms with Crippen LogP contribution < -0.4 is 0 Å². The molecule has 4 heterocycles. The van der Waals surface area contributed by atoms with Gasteiger partial charge in [0, 0.05) is 74.3 Å². The van der Waals surface area contributed by atoms with E-state index in [9.17, 15) is 0 Å². The summed E-state index contributed by atoms with van der Waals surface area (Å²) in [6, 6.07) is 0. The second-order valence-corrected chi connectivity index (χ2v) is 4.37. The Balaban J connectivity index is 0.000000407. The first-order chi connectivity index (χ1) is 14.8. The van der Waals surface area contributed by atoms with E-state index in [4.69, 9.17) is 21.0 Å². The summed E-state index contributed by atoms with van der Waals surface area (Å²) in [5.41, 5.74) is 0. The van der Waals surface area contributed by atoms with Gasteiger partial charge in [0.15, 0.2) is 23.3 Å². The van der Waals surface area contributed by atoms with Crippen LogP contribution in [0.4, 0.5) is 0 Å². The fourth-order valence-electron chi connectivity index (χ4n) is 1.62. The number of nitrogens with zero attached hydrogens (tertiary/aromatic N) is 10. The molecule has 0 aromatic carbocycles. The smallest absolute Gasteiger partial charge is 0.385 e. The molecule has 31 heavy (non-hydrogen) atoms. The first-order valence-electron chi connectivity index (χ1n) is 7.70. The molecule has 0 bridgehead atoms. The van der Waals surface area contributed by atoms with Crippen molar-refractivity contribution >= 4 is 0 Å². The Kier molecular flexibility index (Phi) is 14.2. The monoisotopic (exact) mass is 459 g/mol. The first kappa shape index (κ1) is 25.9. The summed E-state index contributed by atoms with van der Waals surface area (Å²) < 4.78 is 0. The van der Waals surface area contributed by atoms with Crippen LogP contribution in [-0.4, -0.2) is 39.9 Å². The molecule has 0 aliphatic carbocycles. The molecule has 0 unspecified atom stereocenters. The molecule has 0 spiro atoms. The van der Waals surface area contributed by atoms with Crippen molar-refractivity contribution in [2.45, 2.75) is 0 Å². The Bertz CT molecular complexity index is 893. The van der Waals surface area contributed by atoms with Gasteiger partial charge in [0.05, 0.1) is 0 Å². The van der Waals surface area contributed by atoms with Crippen molar-refractivity contribution in [3.8, 4) is 48.1 Å². The number of rotatable bonds is 2. The molecule has 4 N–H and O–H groups in total. The summed E-state index contributed by atoms with van der Waals surface area (Å²) in [6.07, 6.45) is 18.9. The predicted octanol–water partition coefficient (Wildman–Crippen LogP) is 2.24. The zero-order chi connectivity index (χ0) is 21.9. The molecule has 0 atom stereocenters. The normalized spacial score (nSPS) is 7.61. The number of aromatic nitrogens is 8. The molecule has 0 aliphatic rings. The molecule has 4 aromatic heterocycles. The zero-order valence-corrected chi connectivity index (χ0v) is 16.5. The summed E-state index contributed by atoms with van der Waals surface area (Å²) in [6.45, 7) is 0. The van der Waals surface area contributed by atoms with Crippen LogP contribution >= 0.6 is 0 Å². The quantitative estimate of drug-likeness (QED) is 0.323. The molecule has 4 rings (SSSR count). The summed E-state index contributed by atoms with van der Waals surface area (Å²) in [7, 11) is 0. The standard InChI is InChI=1S/2C6H6N4.2C2N3.Co/c2*1-2-8-5(7-1)6-9-3-4-10-6;2*3-1-5-2-4;/h2*1-4H,(H,7,8)(H,9,10);;;/q;;2*-1;+2. The molecule has 14 nitrogen and oxygen atoms in total. The predicted molar refractivity (Wildman–Crippen MR) is 102 cm³/mol. The number of nitriles is 4. The van der Waals surface area contributed by atoms with E-state index in [1.165, 1.54) is 24.8 Å². The topological polar surface area (TPSA) is 238 Å². The second kappa shape index (κ2) is 17.0. The molecule has 155 valence electrons.